The first-order chi connectivity index (χ1) is 42.4. The molecule has 0 aliphatic carbocycles. The van der Waals surface area contributed by atoms with Gasteiger partial charge in [0.25, 0.3) is 12.4 Å². The van der Waals surface area contributed by atoms with Gasteiger partial charge in [0, 0.05) is 44.2 Å². The highest BCUT2D eigenvalue weighted by Gasteiger charge is 2.40. The van der Waals surface area contributed by atoms with Gasteiger partial charge in [0.15, 0.2) is 0 Å². The number of hydrogen-bond acceptors (Lipinski definition) is 16. The predicted octanol–water partition coefficient (Wildman–Crippen LogP) is 7.91. The van der Waals surface area contributed by atoms with Crippen LogP contribution in [0.15, 0.2) is 134 Å². The van der Waals surface area contributed by atoms with Gasteiger partial charge in [0.2, 0.25) is 11.8 Å². The SMILES string of the molecule is COCCOCCOCCOC(=O)N[C@H](C(=O)N[C@@H](Cc1ccccc1)[C@H](CN(Cc1ccc(-c2ccccn2)cc1)NC(=O)[C@@H](NC(=O)OC)C(C)(C)C)OC(=O)[C@H](Cc1ccccc1)NC(=O)[C@@H](C)Cc1cccc(CC(C)(C)OC=O)c1)C(C)(C)C. The average Bonchev–Trinajstić information content (AvgIpc) is 3.56. The minimum Gasteiger partial charge on any atom is -0.462 e. The van der Waals surface area contributed by atoms with Gasteiger partial charge in [-0.3, -0.25) is 29.6 Å². The van der Waals surface area contributed by atoms with Gasteiger partial charge in [0.05, 0.1) is 58.4 Å². The predicted molar refractivity (Wildman–Crippen MR) is 337 cm³/mol. The number of nitrogens with one attached hydrogen (secondary N) is 5. The lowest BCUT2D eigenvalue weighted by Gasteiger charge is -2.37. The van der Waals surface area contributed by atoms with Crippen LogP contribution >= 0.6 is 0 Å². The standard InChI is InChI=1S/C68H91N7O14/c1-47(39-51-25-20-26-52(40-51)43-68(8,9)88-46-76)60(77)71-56(42-49-23-16-13-17-24-49)63(80)89-57(45-75(74-62(79)59(67(5,6)7)72-64(81)84-11)44-50-28-30-53(31-29-50)54-27-18-19-32-69-54)55(41-48-21-14-12-15-22-48)70-61(78)58(66(2,3)4)73-65(82)87-38-37-86-36-35-85-34-33-83-10/h12-32,40,46-47,55-59H,33-39,41-45H2,1-11H3,(H,70,78)(H,71,77)(H,72,81)(H,73,82)(H,74,79)/t47-,55-,56-,57-,58+,59+/m0/s1. The maximum atomic E-state index is 15.5. The molecule has 482 valence electrons. The first-order valence-electron chi connectivity index (χ1n) is 29.9. The summed E-state index contributed by atoms with van der Waals surface area (Å²) in [6.07, 6.45) is -0.595. The number of pyridine rings is 1. The van der Waals surface area contributed by atoms with Gasteiger partial charge in [-0.05, 0) is 77.5 Å². The van der Waals surface area contributed by atoms with Crippen LogP contribution in [-0.2, 0) is 89.4 Å². The van der Waals surface area contributed by atoms with Crippen LogP contribution in [-0.4, -0.2) is 149 Å². The van der Waals surface area contributed by atoms with Crippen LogP contribution in [0.2, 0.25) is 0 Å². The van der Waals surface area contributed by atoms with Gasteiger partial charge in [-0.15, -0.1) is 0 Å². The number of rotatable bonds is 35. The molecule has 0 radical (unpaired) electrons. The Morgan fingerprint density at radius 3 is 1.74 bits per heavy atom. The zero-order chi connectivity index (χ0) is 65.0. The van der Waals surface area contributed by atoms with Crippen LogP contribution in [0, 0.1) is 16.7 Å². The third kappa shape index (κ3) is 25.4. The first-order valence-corrected chi connectivity index (χ1v) is 29.9. The number of amides is 5. The number of esters is 1. The van der Waals surface area contributed by atoms with Gasteiger partial charge in [-0.25, -0.2) is 19.4 Å². The minimum absolute atomic E-state index is 0.00271. The van der Waals surface area contributed by atoms with Crippen molar-refractivity contribution in [2.24, 2.45) is 16.7 Å². The third-order valence-electron chi connectivity index (χ3n) is 14.4. The molecule has 21 nitrogen and oxygen atoms in total. The van der Waals surface area contributed by atoms with E-state index in [-0.39, 0.29) is 45.8 Å². The van der Waals surface area contributed by atoms with Crippen molar-refractivity contribution in [2.75, 3.05) is 60.4 Å². The molecule has 0 fully saturated rings. The second kappa shape index (κ2) is 35.7. The molecule has 5 rings (SSSR count). The van der Waals surface area contributed by atoms with E-state index >= 15 is 9.59 Å². The van der Waals surface area contributed by atoms with Crippen molar-refractivity contribution in [3.05, 3.63) is 161 Å². The molecular weight excluding hydrogens is 1140 g/mol. The molecule has 0 aliphatic heterocycles. The van der Waals surface area contributed by atoms with Crippen LogP contribution < -0.4 is 26.7 Å². The fourth-order valence-corrected chi connectivity index (χ4v) is 9.69. The van der Waals surface area contributed by atoms with E-state index in [0.29, 0.717) is 50.3 Å². The quantitative estimate of drug-likeness (QED) is 0.00848. The molecule has 6 atom stereocenters. The molecule has 89 heavy (non-hydrogen) atoms. The van der Waals surface area contributed by atoms with Crippen LogP contribution in [0.1, 0.15) is 90.1 Å². The first kappa shape index (κ1) is 71.5. The number of aromatic nitrogens is 1. The second-order valence-electron chi connectivity index (χ2n) is 24.6. The Morgan fingerprint density at radius 1 is 0.573 bits per heavy atom. The highest BCUT2D eigenvalue weighted by atomic mass is 16.6. The smallest absolute Gasteiger partial charge is 0.407 e. The van der Waals surface area contributed by atoms with Crippen LogP contribution in [0.25, 0.3) is 11.3 Å². The lowest BCUT2D eigenvalue weighted by Crippen LogP contribution is -2.62. The fraction of sp³-hybridized carbons (Fsp3) is 0.471. The number of carbonyl (C=O) groups excluding carboxylic acids is 7. The molecule has 0 bridgehead atoms. The van der Waals surface area contributed by atoms with Crippen LogP contribution in [0.3, 0.4) is 0 Å². The summed E-state index contributed by atoms with van der Waals surface area (Å²) in [5.41, 5.74) is 5.92. The number of hydrazine groups is 1. The summed E-state index contributed by atoms with van der Waals surface area (Å²) in [5.74, 6) is -3.24. The summed E-state index contributed by atoms with van der Waals surface area (Å²) in [5, 5.41) is 13.1. The molecule has 0 spiro atoms. The average molecular weight is 1230 g/mol. The van der Waals surface area contributed by atoms with Crippen molar-refractivity contribution in [1.29, 1.82) is 0 Å². The zero-order valence-electron chi connectivity index (χ0n) is 53.3. The van der Waals surface area contributed by atoms with Crippen LogP contribution in [0.4, 0.5) is 9.59 Å². The summed E-state index contributed by atoms with van der Waals surface area (Å²) in [6.45, 7) is 17.5. The summed E-state index contributed by atoms with van der Waals surface area (Å²) in [6, 6.07) is 34.3. The van der Waals surface area contributed by atoms with Crippen molar-refractivity contribution < 1.29 is 66.7 Å². The van der Waals surface area contributed by atoms with Crippen LogP contribution in [0.5, 0.6) is 0 Å². The summed E-state index contributed by atoms with van der Waals surface area (Å²) in [7, 11) is 2.77. The van der Waals surface area contributed by atoms with Crippen molar-refractivity contribution in [3.63, 3.8) is 0 Å². The second-order valence-corrected chi connectivity index (χ2v) is 24.6. The van der Waals surface area contributed by atoms with E-state index in [9.17, 15) is 24.0 Å². The lowest BCUT2D eigenvalue weighted by molar-refractivity contribution is -0.157. The molecule has 1 heterocycles. The van der Waals surface area contributed by atoms with Crippen molar-refractivity contribution >= 4 is 42.3 Å². The molecule has 5 aromatic rings. The van der Waals surface area contributed by atoms with E-state index < -0.39 is 88.5 Å². The molecule has 4 aromatic carbocycles. The Balaban J connectivity index is 1.59. The Kier molecular flexibility index (Phi) is 28.7. The number of benzene rings is 4. The van der Waals surface area contributed by atoms with Crippen molar-refractivity contribution in [2.45, 2.75) is 130 Å². The fourth-order valence-electron chi connectivity index (χ4n) is 9.69. The topological polar surface area (TPSA) is 260 Å². The molecule has 5 N–H and O–H groups in total. The molecular formula is C68H91N7O14. The number of hydrogen-bond donors (Lipinski definition) is 5. The molecule has 21 heteroatoms. The largest absolute Gasteiger partial charge is 0.462 e. The highest BCUT2D eigenvalue weighted by molar-refractivity contribution is 5.88. The Labute approximate surface area is 524 Å². The zero-order valence-corrected chi connectivity index (χ0v) is 53.3. The molecule has 0 saturated heterocycles. The lowest BCUT2D eigenvalue weighted by atomic mass is 9.85. The van der Waals surface area contributed by atoms with Gasteiger partial charge in [0.1, 0.15) is 36.4 Å². The van der Waals surface area contributed by atoms with E-state index in [1.807, 2.05) is 141 Å². The summed E-state index contributed by atoms with van der Waals surface area (Å²) < 4.78 is 38.5. The highest BCUT2D eigenvalue weighted by Crippen LogP contribution is 2.25. The van der Waals surface area contributed by atoms with E-state index in [4.69, 9.17) is 33.2 Å². The maximum Gasteiger partial charge on any atom is 0.407 e. The molecule has 5 amide bonds. The minimum atomic E-state index is -1.35. The van der Waals surface area contributed by atoms with Gasteiger partial charge in [-0.1, -0.05) is 164 Å². The number of ether oxygens (including phenoxy) is 7. The van der Waals surface area contributed by atoms with Gasteiger partial charge in [-0.2, -0.15) is 0 Å². The number of carbonyl (C=O) groups is 7. The monoisotopic (exact) mass is 1230 g/mol. The Bertz CT molecular complexity index is 2990. The molecule has 0 aliphatic rings. The van der Waals surface area contributed by atoms with Crippen molar-refractivity contribution in [1.82, 2.24) is 36.7 Å². The van der Waals surface area contributed by atoms with E-state index in [1.165, 1.54) is 7.11 Å². The normalized spacial score (nSPS) is 13.7. The Hall–Kier alpha value is -8.24. The molecule has 0 unspecified atom stereocenters. The van der Waals surface area contributed by atoms with E-state index in [1.54, 1.807) is 66.8 Å². The maximum absolute atomic E-state index is 15.5. The van der Waals surface area contributed by atoms with E-state index in [0.717, 1.165) is 27.9 Å². The van der Waals surface area contributed by atoms with E-state index in [2.05, 4.69) is 31.7 Å². The third-order valence-corrected chi connectivity index (χ3v) is 14.4. The Morgan fingerprint density at radius 2 is 1.15 bits per heavy atom. The number of alkyl carbamates (subject to hydrolysis) is 2. The van der Waals surface area contributed by atoms with Crippen molar-refractivity contribution in [3.8, 4) is 11.3 Å². The summed E-state index contributed by atoms with van der Waals surface area (Å²) >= 11 is 0. The number of nitrogens with zero attached hydrogens (tertiary/aromatic N) is 2. The summed E-state index contributed by atoms with van der Waals surface area (Å²) in [4.78, 5) is 102. The number of methoxy groups -OCH3 is 2. The van der Waals surface area contributed by atoms with Gasteiger partial charge >= 0.3 is 18.2 Å². The molecule has 1 aromatic heterocycles. The molecule has 0 saturated carbocycles. The van der Waals surface area contributed by atoms with Gasteiger partial charge < -0.3 is 54.4 Å².